The summed E-state index contributed by atoms with van der Waals surface area (Å²) in [6.45, 7) is 3.97. The van der Waals surface area contributed by atoms with E-state index >= 15 is 0 Å². The lowest BCUT2D eigenvalue weighted by molar-refractivity contribution is 1.08. The lowest BCUT2D eigenvalue weighted by Gasteiger charge is -1.80. The molecule has 0 aliphatic rings. The van der Waals surface area contributed by atoms with Crippen LogP contribution < -0.4 is 0 Å². The topological polar surface area (TPSA) is 28.7 Å². The van der Waals surface area contributed by atoms with Crippen LogP contribution in [0.2, 0.25) is 0 Å². The van der Waals surface area contributed by atoms with E-state index in [0.29, 0.717) is 0 Å². The molecule has 0 amide bonds. The standard InChI is InChI=1S/C9H12N2/c1-8-4-3-6-10-9(2)11-7-5-8/h3-7H,1-2H3,(H,10,11). The number of aromatic amines is 1. The Kier molecular flexibility index (Phi) is 2.66. The Morgan fingerprint density at radius 1 is 1.27 bits per heavy atom. The molecule has 2 nitrogen and oxygen atoms in total. The third-order valence-corrected chi connectivity index (χ3v) is 1.35. The van der Waals surface area contributed by atoms with E-state index in [9.17, 15) is 0 Å². The minimum Gasteiger partial charge on any atom is -0.350 e. The zero-order valence-electron chi connectivity index (χ0n) is 6.83. The van der Waals surface area contributed by atoms with Gasteiger partial charge in [0.2, 0.25) is 0 Å². The molecule has 1 aromatic rings. The summed E-state index contributed by atoms with van der Waals surface area (Å²) in [6.07, 6.45) is 3.66. The summed E-state index contributed by atoms with van der Waals surface area (Å²) in [6, 6.07) is 5.95. The summed E-state index contributed by atoms with van der Waals surface area (Å²) in [4.78, 5) is 7.14. The summed E-state index contributed by atoms with van der Waals surface area (Å²) in [5.41, 5.74) is 1.21. The summed E-state index contributed by atoms with van der Waals surface area (Å²) in [7, 11) is 0. The van der Waals surface area contributed by atoms with Gasteiger partial charge in [-0.15, -0.1) is 0 Å². The first kappa shape index (κ1) is 7.79. The van der Waals surface area contributed by atoms with Crippen molar-refractivity contribution < 1.29 is 0 Å². The predicted octanol–water partition coefficient (Wildman–Crippen LogP) is 2.15. The number of hydrogen-bond donors (Lipinski definition) is 1. The van der Waals surface area contributed by atoms with Gasteiger partial charge in [0.15, 0.2) is 0 Å². The van der Waals surface area contributed by atoms with E-state index in [1.165, 1.54) is 5.56 Å². The fourth-order valence-electron chi connectivity index (χ4n) is 0.736. The summed E-state index contributed by atoms with van der Waals surface area (Å²) < 4.78 is 0. The highest BCUT2D eigenvalue weighted by molar-refractivity contribution is 5.05. The van der Waals surface area contributed by atoms with Crippen molar-refractivity contribution in [3.8, 4) is 0 Å². The Bertz CT molecular complexity index is 248. The quantitative estimate of drug-likeness (QED) is 0.600. The molecule has 0 radical (unpaired) electrons. The molecule has 0 atom stereocenters. The second-order valence-corrected chi connectivity index (χ2v) is 2.44. The molecule has 11 heavy (non-hydrogen) atoms. The molecule has 1 rings (SSSR count). The van der Waals surface area contributed by atoms with Crippen molar-refractivity contribution in [3.05, 3.63) is 42.0 Å². The third-order valence-electron chi connectivity index (χ3n) is 1.35. The average Bonchev–Trinajstić information content (AvgIpc) is 2.04. The molecule has 0 aromatic carbocycles. The zero-order chi connectivity index (χ0) is 8.10. The van der Waals surface area contributed by atoms with Gasteiger partial charge in [-0.05, 0) is 31.5 Å². The van der Waals surface area contributed by atoms with Crippen molar-refractivity contribution in [1.82, 2.24) is 9.97 Å². The van der Waals surface area contributed by atoms with Crippen LogP contribution in [-0.4, -0.2) is 9.97 Å². The lowest BCUT2D eigenvalue weighted by Crippen LogP contribution is -1.76. The van der Waals surface area contributed by atoms with Crippen LogP contribution in [0.25, 0.3) is 0 Å². The Labute approximate surface area is 66.6 Å². The smallest absolute Gasteiger partial charge is 0.102 e. The highest BCUT2D eigenvalue weighted by Gasteiger charge is 1.75. The summed E-state index contributed by atoms with van der Waals surface area (Å²) in [5, 5.41) is 0. The van der Waals surface area contributed by atoms with E-state index < -0.39 is 0 Å². The van der Waals surface area contributed by atoms with E-state index in [1.54, 1.807) is 6.20 Å². The molecule has 0 spiro atoms. The molecular formula is C9H12N2. The van der Waals surface area contributed by atoms with Gasteiger partial charge in [-0.1, -0.05) is 6.07 Å². The van der Waals surface area contributed by atoms with Gasteiger partial charge in [-0.25, -0.2) is 4.98 Å². The van der Waals surface area contributed by atoms with Gasteiger partial charge >= 0.3 is 0 Å². The first-order valence-electron chi connectivity index (χ1n) is 3.60. The van der Waals surface area contributed by atoms with Crippen LogP contribution in [-0.2, 0) is 0 Å². The first-order chi connectivity index (χ1) is 5.29. The first-order valence-corrected chi connectivity index (χ1v) is 3.60. The number of aromatic nitrogens is 2. The van der Waals surface area contributed by atoms with Crippen LogP contribution in [0.15, 0.2) is 30.6 Å². The van der Waals surface area contributed by atoms with Crippen LogP contribution in [0.3, 0.4) is 0 Å². The fraction of sp³-hybridized carbons (Fsp3) is 0.222. The van der Waals surface area contributed by atoms with Crippen molar-refractivity contribution >= 4 is 0 Å². The number of aryl methyl sites for hydroxylation is 2. The fourth-order valence-corrected chi connectivity index (χ4v) is 0.736. The summed E-state index contributed by atoms with van der Waals surface area (Å²) >= 11 is 0. The van der Waals surface area contributed by atoms with Crippen molar-refractivity contribution in [1.29, 1.82) is 0 Å². The monoisotopic (exact) mass is 148 g/mol. The molecule has 0 saturated carbocycles. The van der Waals surface area contributed by atoms with Gasteiger partial charge in [0, 0.05) is 12.4 Å². The SMILES string of the molecule is Cc1cccnc(C)[nH]cc1. The largest absolute Gasteiger partial charge is 0.350 e. The van der Waals surface area contributed by atoms with Crippen molar-refractivity contribution in [2.24, 2.45) is 0 Å². The van der Waals surface area contributed by atoms with Crippen LogP contribution in [0, 0.1) is 13.8 Å². The second kappa shape index (κ2) is 3.76. The molecule has 1 heterocycles. The maximum atomic E-state index is 4.11. The van der Waals surface area contributed by atoms with Crippen molar-refractivity contribution in [3.63, 3.8) is 0 Å². The molecular weight excluding hydrogens is 136 g/mol. The van der Waals surface area contributed by atoms with Gasteiger partial charge in [0.1, 0.15) is 5.82 Å². The Hall–Kier alpha value is -1.31. The molecule has 0 fully saturated rings. The maximum absolute atomic E-state index is 4.11. The van der Waals surface area contributed by atoms with Crippen molar-refractivity contribution in [2.75, 3.05) is 0 Å². The van der Waals surface area contributed by atoms with Crippen LogP contribution >= 0.6 is 0 Å². The normalized spacial score (nSPS) is 8.91. The molecule has 58 valence electrons. The Morgan fingerprint density at radius 2 is 2.09 bits per heavy atom. The lowest BCUT2D eigenvalue weighted by atomic mass is 10.3. The molecule has 0 aliphatic carbocycles. The van der Waals surface area contributed by atoms with Crippen LogP contribution in [0.4, 0.5) is 0 Å². The third kappa shape index (κ3) is 2.85. The molecule has 1 aromatic heterocycles. The average molecular weight is 148 g/mol. The number of H-pyrrole nitrogens is 1. The second-order valence-electron chi connectivity index (χ2n) is 2.44. The highest BCUT2D eigenvalue weighted by atomic mass is 14.8. The minimum atomic E-state index is 0.903. The molecule has 0 unspecified atom stereocenters. The molecule has 2 heteroatoms. The van der Waals surface area contributed by atoms with Gasteiger partial charge in [0.25, 0.3) is 0 Å². The number of hydrogen-bond acceptors (Lipinski definition) is 1. The minimum absolute atomic E-state index is 0.903. The van der Waals surface area contributed by atoms with E-state index in [0.717, 1.165) is 5.82 Å². The number of nitrogens with zero attached hydrogens (tertiary/aromatic N) is 1. The molecule has 1 N–H and O–H groups in total. The van der Waals surface area contributed by atoms with Gasteiger partial charge in [-0.2, -0.15) is 0 Å². The molecule has 0 bridgehead atoms. The number of rotatable bonds is 0. The predicted molar refractivity (Wildman–Crippen MR) is 45.7 cm³/mol. The zero-order valence-corrected chi connectivity index (χ0v) is 6.83. The van der Waals surface area contributed by atoms with Crippen LogP contribution in [0.1, 0.15) is 11.4 Å². The van der Waals surface area contributed by atoms with Gasteiger partial charge < -0.3 is 4.98 Å². The van der Waals surface area contributed by atoms with Crippen LogP contribution in [0.5, 0.6) is 0 Å². The number of nitrogens with one attached hydrogen (secondary N) is 1. The van der Waals surface area contributed by atoms with E-state index in [2.05, 4.69) is 9.97 Å². The Balaban J connectivity index is 3.21. The Morgan fingerprint density at radius 3 is 2.91 bits per heavy atom. The maximum Gasteiger partial charge on any atom is 0.102 e. The molecule has 0 aliphatic heterocycles. The van der Waals surface area contributed by atoms with E-state index in [1.807, 2.05) is 38.2 Å². The van der Waals surface area contributed by atoms with Gasteiger partial charge in [0.05, 0.1) is 0 Å². The van der Waals surface area contributed by atoms with E-state index in [-0.39, 0.29) is 0 Å². The molecule has 0 saturated heterocycles. The summed E-state index contributed by atoms with van der Waals surface area (Å²) in [5.74, 6) is 0.903. The highest BCUT2D eigenvalue weighted by Crippen LogP contribution is 1.89. The van der Waals surface area contributed by atoms with Crippen molar-refractivity contribution in [2.45, 2.75) is 13.8 Å². The van der Waals surface area contributed by atoms with E-state index in [4.69, 9.17) is 0 Å². The van der Waals surface area contributed by atoms with Gasteiger partial charge in [-0.3, -0.25) is 0 Å².